The van der Waals surface area contributed by atoms with E-state index in [1.54, 1.807) is 25.1 Å². The van der Waals surface area contributed by atoms with E-state index in [1.807, 2.05) is 0 Å². The predicted molar refractivity (Wildman–Crippen MR) is 69.6 cm³/mol. The summed E-state index contributed by atoms with van der Waals surface area (Å²) in [6.07, 6.45) is 1.46. The lowest BCUT2D eigenvalue weighted by Gasteiger charge is -2.06. The molecule has 2 aromatic rings. The Morgan fingerprint density at radius 3 is 2.74 bits per heavy atom. The van der Waals surface area contributed by atoms with Crippen molar-refractivity contribution < 1.29 is 9.72 Å². The molecular weight excluding hydrogens is 246 g/mol. The van der Waals surface area contributed by atoms with E-state index in [2.05, 4.69) is 4.98 Å². The highest BCUT2D eigenvalue weighted by Crippen LogP contribution is 2.31. The van der Waals surface area contributed by atoms with Crippen LogP contribution in [-0.2, 0) is 0 Å². The summed E-state index contributed by atoms with van der Waals surface area (Å²) in [5.41, 5.74) is 6.59. The number of nitrogens with two attached hydrogens (primary N) is 1. The van der Waals surface area contributed by atoms with Crippen LogP contribution in [0.2, 0.25) is 0 Å². The molecule has 0 unspecified atom stereocenters. The van der Waals surface area contributed by atoms with Crippen molar-refractivity contribution in [2.75, 3.05) is 0 Å². The molecule has 1 amide bonds. The van der Waals surface area contributed by atoms with E-state index < -0.39 is 10.8 Å². The van der Waals surface area contributed by atoms with Crippen LogP contribution in [0.5, 0.6) is 0 Å². The highest BCUT2D eigenvalue weighted by atomic mass is 16.6. The molecule has 0 fully saturated rings. The number of primary amides is 1. The van der Waals surface area contributed by atoms with E-state index in [4.69, 9.17) is 5.73 Å². The van der Waals surface area contributed by atoms with Gasteiger partial charge in [-0.15, -0.1) is 0 Å². The fourth-order valence-electron chi connectivity index (χ4n) is 1.81. The van der Waals surface area contributed by atoms with Crippen LogP contribution in [0.1, 0.15) is 15.9 Å². The average molecular weight is 257 g/mol. The molecule has 2 rings (SSSR count). The molecule has 0 saturated heterocycles. The number of aryl methyl sites for hydroxylation is 1. The van der Waals surface area contributed by atoms with Crippen molar-refractivity contribution in [1.82, 2.24) is 4.98 Å². The van der Waals surface area contributed by atoms with E-state index in [0.29, 0.717) is 0 Å². The number of benzene rings is 1. The molecule has 0 spiro atoms. The number of amides is 1. The summed E-state index contributed by atoms with van der Waals surface area (Å²) in [6, 6.07) is 7.79. The standard InChI is InChI=1S/C13H11N3O3/c1-8-4-5-9(11(7-8)16(18)19)12-10(13(14)17)3-2-6-15-12/h2-7H,1H3,(H2,14,17). The molecule has 0 aliphatic carbocycles. The van der Waals surface area contributed by atoms with Crippen molar-refractivity contribution in [2.45, 2.75) is 6.92 Å². The Morgan fingerprint density at radius 2 is 2.11 bits per heavy atom. The lowest BCUT2D eigenvalue weighted by molar-refractivity contribution is -0.384. The molecular formula is C13H11N3O3. The minimum Gasteiger partial charge on any atom is -0.366 e. The van der Waals surface area contributed by atoms with Gasteiger partial charge in [0.1, 0.15) is 0 Å². The molecule has 6 heteroatoms. The van der Waals surface area contributed by atoms with Crippen molar-refractivity contribution >= 4 is 11.6 Å². The summed E-state index contributed by atoms with van der Waals surface area (Å²) in [4.78, 5) is 26.0. The van der Waals surface area contributed by atoms with Crippen LogP contribution in [0.4, 0.5) is 5.69 Å². The molecule has 2 N–H and O–H groups in total. The second-order valence-electron chi connectivity index (χ2n) is 4.04. The van der Waals surface area contributed by atoms with Crippen LogP contribution in [0, 0.1) is 17.0 Å². The van der Waals surface area contributed by atoms with Gasteiger partial charge in [0.15, 0.2) is 0 Å². The van der Waals surface area contributed by atoms with Crippen molar-refractivity contribution in [3.8, 4) is 11.3 Å². The third-order valence-corrected chi connectivity index (χ3v) is 2.68. The topological polar surface area (TPSA) is 99.1 Å². The second kappa shape index (κ2) is 4.85. The Balaban J connectivity index is 2.72. The van der Waals surface area contributed by atoms with Gasteiger partial charge in [-0.3, -0.25) is 19.9 Å². The molecule has 96 valence electrons. The van der Waals surface area contributed by atoms with Gasteiger partial charge < -0.3 is 5.73 Å². The Bertz CT molecular complexity index is 668. The maximum absolute atomic E-state index is 11.4. The molecule has 0 aliphatic heterocycles. The maximum atomic E-state index is 11.4. The summed E-state index contributed by atoms with van der Waals surface area (Å²) >= 11 is 0. The first-order chi connectivity index (χ1) is 9.00. The molecule has 0 bridgehead atoms. The third kappa shape index (κ3) is 2.42. The van der Waals surface area contributed by atoms with E-state index in [9.17, 15) is 14.9 Å². The SMILES string of the molecule is Cc1ccc(-c2ncccc2C(N)=O)c([N+](=O)[O-])c1. The lowest BCUT2D eigenvalue weighted by atomic mass is 10.0. The van der Waals surface area contributed by atoms with Crippen molar-refractivity contribution in [1.29, 1.82) is 0 Å². The van der Waals surface area contributed by atoms with Crippen molar-refractivity contribution in [3.63, 3.8) is 0 Å². The first kappa shape index (κ1) is 12.7. The third-order valence-electron chi connectivity index (χ3n) is 2.68. The Morgan fingerprint density at radius 1 is 1.37 bits per heavy atom. The number of pyridine rings is 1. The van der Waals surface area contributed by atoms with Gasteiger partial charge in [-0.1, -0.05) is 6.07 Å². The average Bonchev–Trinajstić information content (AvgIpc) is 2.38. The van der Waals surface area contributed by atoms with E-state index in [-0.39, 0.29) is 22.5 Å². The fraction of sp³-hybridized carbons (Fsp3) is 0.0769. The smallest absolute Gasteiger partial charge is 0.279 e. The number of nitrogens with zero attached hydrogens (tertiary/aromatic N) is 2. The maximum Gasteiger partial charge on any atom is 0.279 e. The molecule has 1 heterocycles. The first-order valence-corrected chi connectivity index (χ1v) is 5.51. The highest BCUT2D eigenvalue weighted by Gasteiger charge is 2.20. The van der Waals surface area contributed by atoms with Gasteiger partial charge in [0.25, 0.3) is 11.6 Å². The van der Waals surface area contributed by atoms with Gasteiger partial charge in [-0.05, 0) is 30.7 Å². The number of nitro benzene ring substituents is 1. The van der Waals surface area contributed by atoms with Crippen LogP contribution in [0.15, 0.2) is 36.5 Å². The molecule has 1 aromatic heterocycles. The molecule has 1 aromatic carbocycles. The zero-order chi connectivity index (χ0) is 14.0. The first-order valence-electron chi connectivity index (χ1n) is 5.51. The quantitative estimate of drug-likeness (QED) is 0.671. The van der Waals surface area contributed by atoms with E-state index >= 15 is 0 Å². The number of aromatic nitrogens is 1. The summed E-state index contributed by atoms with van der Waals surface area (Å²) in [5.74, 6) is -0.669. The van der Waals surface area contributed by atoms with E-state index in [1.165, 1.54) is 18.3 Å². The Labute approximate surface area is 109 Å². The Hall–Kier alpha value is -2.76. The molecule has 0 saturated carbocycles. The predicted octanol–water partition coefficient (Wildman–Crippen LogP) is 2.06. The number of hydrogen-bond donors (Lipinski definition) is 1. The molecule has 6 nitrogen and oxygen atoms in total. The van der Waals surface area contributed by atoms with Gasteiger partial charge in [0, 0.05) is 12.3 Å². The highest BCUT2D eigenvalue weighted by molar-refractivity contribution is 5.99. The zero-order valence-corrected chi connectivity index (χ0v) is 10.2. The van der Waals surface area contributed by atoms with Crippen LogP contribution >= 0.6 is 0 Å². The van der Waals surface area contributed by atoms with Crippen LogP contribution in [0.3, 0.4) is 0 Å². The Kier molecular flexibility index (Phi) is 3.24. The minimum absolute atomic E-state index is 0.0961. The van der Waals surface area contributed by atoms with Crippen LogP contribution in [-0.4, -0.2) is 15.8 Å². The second-order valence-corrected chi connectivity index (χ2v) is 4.04. The van der Waals surface area contributed by atoms with Crippen LogP contribution < -0.4 is 5.73 Å². The molecule has 19 heavy (non-hydrogen) atoms. The lowest BCUT2D eigenvalue weighted by Crippen LogP contribution is -2.13. The number of rotatable bonds is 3. The number of nitro groups is 1. The number of carbonyl (C=O) groups is 1. The summed E-state index contributed by atoms with van der Waals surface area (Å²) < 4.78 is 0. The summed E-state index contributed by atoms with van der Waals surface area (Å²) in [7, 11) is 0. The largest absolute Gasteiger partial charge is 0.366 e. The van der Waals surface area contributed by atoms with E-state index in [0.717, 1.165) is 5.56 Å². The normalized spacial score (nSPS) is 10.2. The van der Waals surface area contributed by atoms with Gasteiger partial charge in [-0.2, -0.15) is 0 Å². The monoisotopic (exact) mass is 257 g/mol. The molecule has 0 aliphatic rings. The number of carbonyl (C=O) groups excluding carboxylic acids is 1. The number of hydrogen-bond acceptors (Lipinski definition) is 4. The van der Waals surface area contributed by atoms with Gasteiger partial charge in [0.05, 0.1) is 21.7 Å². The summed E-state index contributed by atoms with van der Waals surface area (Å²) in [6.45, 7) is 1.75. The van der Waals surface area contributed by atoms with Crippen molar-refractivity contribution in [2.24, 2.45) is 5.73 Å². The zero-order valence-electron chi connectivity index (χ0n) is 10.2. The summed E-state index contributed by atoms with van der Waals surface area (Å²) in [5, 5.41) is 11.1. The minimum atomic E-state index is -0.669. The fourth-order valence-corrected chi connectivity index (χ4v) is 1.81. The van der Waals surface area contributed by atoms with Gasteiger partial charge in [-0.25, -0.2) is 0 Å². The molecule has 0 atom stereocenters. The van der Waals surface area contributed by atoms with Crippen molar-refractivity contribution in [3.05, 3.63) is 57.8 Å². The van der Waals surface area contributed by atoms with Gasteiger partial charge in [0.2, 0.25) is 0 Å². The molecule has 0 radical (unpaired) electrons. The van der Waals surface area contributed by atoms with Gasteiger partial charge >= 0.3 is 0 Å². The van der Waals surface area contributed by atoms with Crippen LogP contribution in [0.25, 0.3) is 11.3 Å².